The molecule has 1 fully saturated rings. The smallest absolute Gasteiger partial charge is 0.223 e. The van der Waals surface area contributed by atoms with Crippen LogP contribution in [0.1, 0.15) is 18.1 Å². The highest BCUT2D eigenvalue weighted by Gasteiger charge is 2.28. The van der Waals surface area contributed by atoms with Crippen molar-refractivity contribution < 1.29 is 9.53 Å². The van der Waals surface area contributed by atoms with E-state index < -0.39 is 0 Å². The summed E-state index contributed by atoms with van der Waals surface area (Å²) in [5, 5.41) is 6.25. The van der Waals surface area contributed by atoms with Gasteiger partial charge >= 0.3 is 0 Å². The average Bonchev–Trinajstić information content (AvgIpc) is 2.52. The Hall–Kier alpha value is -2.33. The Bertz CT molecular complexity index is 710. The van der Waals surface area contributed by atoms with Crippen molar-refractivity contribution in [1.29, 1.82) is 0 Å². The van der Waals surface area contributed by atoms with E-state index in [4.69, 9.17) is 4.74 Å². The molecule has 2 aromatic carbocycles. The van der Waals surface area contributed by atoms with Gasteiger partial charge in [0.2, 0.25) is 5.91 Å². The Labute approximate surface area is 143 Å². The van der Waals surface area contributed by atoms with E-state index in [2.05, 4.69) is 10.6 Å². The van der Waals surface area contributed by atoms with Crippen molar-refractivity contribution in [3.05, 3.63) is 59.7 Å². The summed E-state index contributed by atoms with van der Waals surface area (Å²) in [6.45, 7) is 6.38. The van der Waals surface area contributed by atoms with Gasteiger partial charge < -0.3 is 15.4 Å². The first-order valence-electron chi connectivity index (χ1n) is 8.44. The highest BCUT2D eigenvalue weighted by atomic mass is 16.5. The number of benzene rings is 2. The molecule has 2 aromatic rings. The summed E-state index contributed by atoms with van der Waals surface area (Å²) in [5.74, 6) is 2.18. The predicted molar refractivity (Wildman–Crippen MR) is 95.1 cm³/mol. The Morgan fingerprint density at radius 1 is 1.25 bits per heavy atom. The van der Waals surface area contributed by atoms with Gasteiger partial charge in [0.25, 0.3) is 0 Å². The second kappa shape index (κ2) is 7.49. The molecule has 1 aliphatic rings. The average molecular weight is 324 g/mol. The van der Waals surface area contributed by atoms with Crippen LogP contribution in [0.3, 0.4) is 0 Å². The maximum atomic E-state index is 12.3. The Balaban J connectivity index is 1.64. The normalized spacial score (nSPS) is 15.4. The molecule has 0 spiro atoms. The number of aryl methyl sites for hydroxylation is 1. The Morgan fingerprint density at radius 2 is 2.04 bits per heavy atom. The summed E-state index contributed by atoms with van der Waals surface area (Å²) in [6.07, 6.45) is 0. The van der Waals surface area contributed by atoms with E-state index in [-0.39, 0.29) is 11.8 Å². The van der Waals surface area contributed by atoms with Crippen molar-refractivity contribution in [2.45, 2.75) is 20.4 Å². The number of hydrogen-bond donors (Lipinski definition) is 2. The molecule has 1 aliphatic heterocycles. The first-order chi connectivity index (χ1) is 11.6. The van der Waals surface area contributed by atoms with Crippen LogP contribution in [-0.2, 0) is 11.3 Å². The van der Waals surface area contributed by atoms with Crippen LogP contribution in [0.5, 0.6) is 11.5 Å². The fourth-order valence-corrected chi connectivity index (χ4v) is 2.78. The molecule has 3 rings (SSSR count). The number of carbonyl (C=O) groups is 1. The van der Waals surface area contributed by atoms with Gasteiger partial charge in [0.05, 0.1) is 0 Å². The molecule has 1 amide bonds. The zero-order chi connectivity index (χ0) is 16.9. The molecule has 4 heteroatoms. The summed E-state index contributed by atoms with van der Waals surface area (Å²) in [7, 11) is 0. The molecule has 4 nitrogen and oxygen atoms in total. The molecule has 0 aliphatic carbocycles. The lowest BCUT2D eigenvalue weighted by atomic mass is 9.88. The summed E-state index contributed by atoms with van der Waals surface area (Å²) >= 11 is 0. The third-order valence-electron chi connectivity index (χ3n) is 4.58. The van der Waals surface area contributed by atoms with Crippen LogP contribution in [0.15, 0.2) is 48.5 Å². The number of hydrogen-bond acceptors (Lipinski definition) is 3. The van der Waals surface area contributed by atoms with E-state index >= 15 is 0 Å². The number of carbonyl (C=O) groups excluding carboxylic acids is 1. The molecular formula is C20H24N2O2. The quantitative estimate of drug-likeness (QED) is 0.857. The van der Waals surface area contributed by atoms with Gasteiger partial charge in [-0.3, -0.25) is 4.79 Å². The van der Waals surface area contributed by atoms with Crippen molar-refractivity contribution in [2.24, 2.45) is 11.8 Å². The minimum absolute atomic E-state index is 0.0381. The lowest BCUT2D eigenvalue weighted by Crippen LogP contribution is -2.49. The fourth-order valence-electron chi connectivity index (χ4n) is 2.78. The molecule has 0 aromatic heterocycles. The van der Waals surface area contributed by atoms with Crippen LogP contribution >= 0.6 is 0 Å². The number of rotatable bonds is 6. The number of para-hydroxylation sites is 1. The first-order valence-corrected chi connectivity index (χ1v) is 8.44. The van der Waals surface area contributed by atoms with Crippen LogP contribution in [0.4, 0.5) is 0 Å². The van der Waals surface area contributed by atoms with Crippen molar-refractivity contribution >= 4 is 5.91 Å². The minimum Gasteiger partial charge on any atom is -0.457 e. The van der Waals surface area contributed by atoms with Gasteiger partial charge in [0.1, 0.15) is 11.5 Å². The fraction of sp³-hybridized carbons (Fsp3) is 0.350. The first kappa shape index (κ1) is 16.5. The zero-order valence-corrected chi connectivity index (χ0v) is 14.2. The highest BCUT2D eigenvalue weighted by Crippen LogP contribution is 2.26. The molecule has 1 unspecified atom stereocenters. The predicted octanol–water partition coefficient (Wildman–Crippen LogP) is 3.26. The van der Waals surface area contributed by atoms with E-state index in [1.165, 1.54) is 0 Å². The van der Waals surface area contributed by atoms with Crippen molar-refractivity contribution in [3.63, 3.8) is 0 Å². The van der Waals surface area contributed by atoms with Gasteiger partial charge in [-0.1, -0.05) is 37.3 Å². The molecule has 0 bridgehead atoms. The van der Waals surface area contributed by atoms with Gasteiger partial charge in [0.15, 0.2) is 0 Å². The lowest BCUT2D eigenvalue weighted by Gasteiger charge is -2.31. The summed E-state index contributed by atoms with van der Waals surface area (Å²) in [5.41, 5.74) is 2.13. The van der Waals surface area contributed by atoms with E-state index in [1.54, 1.807) is 0 Å². The van der Waals surface area contributed by atoms with E-state index in [0.29, 0.717) is 12.5 Å². The van der Waals surface area contributed by atoms with E-state index in [0.717, 1.165) is 35.7 Å². The molecule has 0 saturated carbocycles. The van der Waals surface area contributed by atoms with Crippen LogP contribution in [0, 0.1) is 18.8 Å². The number of nitrogens with one attached hydrogen (secondary N) is 2. The monoisotopic (exact) mass is 324 g/mol. The maximum absolute atomic E-state index is 12.3. The van der Waals surface area contributed by atoms with E-state index in [9.17, 15) is 4.79 Å². The number of ether oxygens (including phenoxy) is 1. The topological polar surface area (TPSA) is 50.4 Å². The third-order valence-corrected chi connectivity index (χ3v) is 4.58. The zero-order valence-electron chi connectivity index (χ0n) is 14.2. The number of amides is 1. The van der Waals surface area contributed by atoms with Gasteiger partial charge in [0, 0.05) is 18.0 Å². The molecule has 1 atom stereocenters. The van der Waals surface area contributed by atoms with Gasteiger partial charge in [-0.15, -0.1) is 0 Å². The molecule has 1 heterocycles. The molecule has 126 valence electrons. The lowest BCUT2D eigenvalue weighted by molar-refractivity contribution is -0.126. The second-order valence-corrected chi connectivity index (χ2v) is 6.45. The molecule has 0 radical (unpaired) electrons. The standard InChI is InChI=1S/C20H24N2O2/c1-14-6-5-8-18(10-14)24-19-9-4-3-7-16(19)13-22-20(23)15(2)17-11-21-12-17/h3-10,15,17,21H,11-13H2,1-2H3,(H,22,23). The van der Waals surface area contributed by atoms with Crippen LogP contribution in [0.2, 0.25) is 0 Å². The third kappa shape index (κ3) is 3.95. The molecule has 2 N–H and O–H groups in total. The van der Waals surface area contributed by atoms with Crippen LogP contribution in [0.25, 0.3) is 0 Å². The summed E-state index contributed by atoms with van der Waals surface area (Å²) in [6, 6.07) is 15.8. The van der Waals surface area contributed by atoms with Gasteiger partial charge in [-0.2, -0.15) is 0 Å². The largest absolute Gasteiger partial charge is 0.457 e. The maximum Gasteiger partial charge on any atom is 0.223 e. The van der Waals surface area contributed by atoms with Crippen molar-refractivity contribution in [3.8, 4) is 11.5 Å². The summed E-state index contributed by atoms with van der Waals surface area (Å²) in [4.78, 5) is 12.3. The van der Waals surface area contributed by atoms with Crippen molar-refractivity contribution in [2.75, 3.05) is 13.1 Å². The SMILES string of the molecule is Cc1cccc(Oc2ccccc2CNC(=O)C(C)C2CNC2)c1. The van der Waals surface area contributed by atoms with Gasteiger partial charge in [-0.05, 0) is 49.7 Å². The molecule has 24 heavy (non-hydrogen) atoms. The highest BCUT2D eigenvalue weighted by molar-refractivity contribution is 5.78. The Morgan fingerprint density at radius 3 is 2.75 bits per heavy atom. The second-order valence-electron chi connectivity index (χ2n) is 6.45. The van der Waals surface area contributed by atoms with Crippen LogP contribution in [-0.4, -0.2) is 19.0 Å². The minimum atomic E-state index is 0.0381. The summed E-state index contributed by atoms with van der Waals surface area (Å²) < 4.78 is 6.00. The molecule has 1 saturated heterocycles. The van der Waals surface area contributed by atoms with E-state index in [1.807, 2.05) is 62.4 Å². The van der Waals surface area contributed by atoms with Crippen LogP contribution < -0.4 is 15.4 Å². The Kier molecular flexibility index (Phi) is 5.16. The van der Waals surface area contributed by atoms with Crippen molar-refractivity contribution in [1.82, 2.24) is 10.6 Å². The molecular weight excluding hydrogens is 300 g/mol. The van der Waals surface area contributed by atoms with Gasteiger partial charge in [-0.25, -0.2) is 0 Å².